The van der Waals surface area contributed by atoms with Gasteiger partial charge in [-0.05, 0) is 26.2 Å². The van der Waals surface area contributed by atoms with E-state index in [2.05, 4.69) is 9.97 Å². The van der Waals surface area contributed by atoms with Gasteiger partial charge >= 0.3 is 5.97 Å². The van der Waals surface area contributed by atoms with Crippen molar-refractivity contribution in [2.75, 3.05) is 5.75 Å². The van der Waals surface area contributed by atoms with Crippen LogP contribution in [0.2, 0.25) is 0 Å². The first-order valence-electron chi connectivity index (χ1n) is 6.45. The summed E-state index contributed by atoms with van der Waals surface area (Å²) >= 11 is 1.30. The van der Waals surface area contributed by atoms with Crippen LogP contribution in [0.1, 0.15) is 54.0 Å². The third kappa shape index (κ3) is 3.45. The fourth-order valence-corrected chi connectivity index (χ4v) is 2.86. The summed E-state index contributed by atoms with van der Waals surface area (Å²) in [6.07, 6.45) is 2.36. The zero-order valence-corrected chi connectivity index (χ0v) is 11.9. The highest BCUT2D eigenvalue weighted by molar-refractivity contribution is 7.99. The maximum absolute atomic E-state index is 11.3. The quantitative estimate of drug-likeness (QED) is 0.615. The van der Waals surface area contributed by atoms with Gasteiger partial charge in [0.05, 0.1) is 11.8 Å². The van der Waals surface area contributed by atoms with E-state index in [0.29, 0.717) is 28.8 Å². The molecule has 0 saturated heterocycles. The van der Waals surface area contributed by atoms with Crippen LogP contribution in [0.15, 0.2) is 5.03 Å². The molecule has 0 bridgehead atoms. The molecule has 104 valence electrons. The van der Waals surface area contributed by atoms with Crippen LogP contribution in [0.3, 0.4) is 0 Å². The van der Waals surface area contributed by atoms with E-state index >= 15 is 0 Å². The summed E-state index contributed by atoms with van der Waals surface area (Å²) in [7, 11) is 0. The third-order valence-electron chi connectivity index (χ3n) is 3.11. The van der Waals surface area contributed by atoms with Crippen LogP contribution in [0.25, 0.3) is 0 Å². The lowest BCUT2D eigenvalue weighted by Crippen LogP contribution is -2.12. The van der Waals surface area contributed by atoms with Crippen LogP contribution in [-0.4, -0.2) is 38.0 Å². The molecule has 1 aliphatic rings. The summed E-state index contributed by atoms with van der Waals surface area (Å²) in [5, 5.41) is 19.3. The SMILES string of the molecule is CCC(O)CSc1nc(C2CC2)nc(C)c1C(=O)O. The monoisotopic (exact) mass is 282 g/mol. The Labute approximate surface area is 116 Å². The first kappa shape index (κ1) is 14.3. The average molecular weight is 282 g/mol. The first-order chi connectivity index (χ1) is 9.02. The van der Waals surface area contributed by atoms with Gasteiger partial charge in [0, 0.05) is 11.7 Å². The van der Waals surface area contributed by atoms with Crippen LogP contribution >= 0.6 is 11.8 Å². The van der Waals surface area contributed by atoms with Crippen molar-refractivity contribution in [2.24, 2.45) is 0 Å². The van der Waals surface area contributed by atoms with E-state index in [-0.39, 0.29) is 5.56 Å². The number of hydrogen-bond acceptors (Lipinski definition) is 5. The maximum atomic E-state index is 11.3. The van der Waals surface area contributed by atoms with E-state index in [4.69, 9.17) is 0 Å². The molecule has 1 aromatic rings. The first-order valence-corrected chi connectivity index (χ1v) is 7.44. The summed E-state index contributed by atoms with van der Waals surface area (Å²) in [6.45, 7) is 3.60. The third-order valence-corrected chi connectivity index (χ3v) is 4.23. The highest BCUT2D eigenvalue weighted by atomic mass is 32.2. The zero-order chi connectivity index (χ0) is 14.0. The lowest BCUT2D eigenvalue weighted by atomic mass is 10.2. The number of aliphatic hydroxyl groups excluding tert-OH is 1. The van der Waals surface area contributed by atoms with Gasteiger partial charge in [0.1, 0.15) is 16.4 Å². The van der Waals surface area contributed by atoms with Crippen LogP contribution in [0, 0.1) is 6.92 Å². The lowest BCUT2D eigenvalue weighted by Gasteiger charge is -2.11. The Kier molecular flexibility index (Phi) is 4.42. The number of aryl methyl sites for hydroxylation is 1. The molecule has 1 unspecified atom stereocenters. The fourth-order valence-electron chi connectivity index (χ4n) is 1.74. The molecule has 0 radical (unpaired) electrons. The van der Waals surface area contributed by atoms with Crippen LogP contribution in [-0.2, 0) is 0 Å². The van der Waals surface area contributed by atoms with E-state index in [0.717, 1.165) is 18.7 Å². The molecule has 6 heteroatoms. The molecule has 5 nitrogen and oxygen atoms in total. The largest absolute Gasteiger partial charge is 0.478 e. The normalized spacial score (nSPS) is 16.4. The number of aromatic nitrogens is 2. The number of carbonyl (C=O) groups is 1. The molecule has 1 aliphatic carbocycles. The van der Waals surface area contributed by atoms with Gasteiger partial charge in [0.2, 0.25) is 0 Å². The van der Waals surface area contributed by atoms with Crippen molar-refractivity contribution in [3.05, 3.63) is 17.1 Å². The molecule has 1 aromatic heterocycles. The van der Waals surface area contributed by atoms with Gasteiger partial charge in [0.15, 0.2) is 0 Å². The molecule has 0 aliphatic heterocycles. The Hall–Kier alpha value is -1.14. The molecule has 2 rings (SSSR count). The number of carboxylic acid groups (broad SMARTS) is 1. The van der Waals surface area contributed by atoms with Gasteiger partial charge in [0.25, 0.3) is 0 Å². The Morgan fingerprint density at radius 2 is 2.16 bits per heavy atom. The average Bonchev–Trinajstić information content (AvgIpc) is 3.18. The van der Waals surface area contributed by atoms with Crippen LogP contribution < -0.4 is 0 Å². The Balaban J connectivity index is 2.28. The van der Waals surface area contributed by atoms with Crippen molar-refractivity contribution in [3.8, 4) is 0 Å². The number of thioether (sulfide) groups is 1. The number of rotatable bonds is 6. The molecule has 0 aromatic carbocycles. The van der Waals surface area contributed by atoms with Crippen molar-refractivity contribution >= 4 is 17.7 Å². The second-order valence-corrected chi connectivity index (χ2v) is 5.81. The number of aromatic carboxylic acids is 1. The molecule has 1 fully saturated rings. The second-order valence-electron chi connectivity index (χ2n) is 4.80. The minimum Gasteiger partial charge on any atom is -0.478 e. The van der Waals surface area contributed by atoms with Crippen molar-refractivity contribution < 1.29 is 15.0 Å². The summed E-state index contributed by atoms with van der Waals surface area (Å²) < 4.78 is 0. The van der Waals surface area contributed by atoms with E-state index < -0.39 is 12.1 Å². The molecule has 1 heterocycles. The fraction of sp³-hybridized carbons (Fsp3) is 0.615. The molecule has 0 spiro atoms. The van der Waals surface area contributed by atoms with Crippen LogP contribution in [0.5, 0.6) is 0 Å². The Morgan fingerprint density at radius 1 is 1.47 bits per heavy atom. The van der Waals surface area contributed by atoms with E-state index in [1.807, 2.05) is 6.92 Å². The summed E-state index contributed by atoms with van der Waals surface area (Å²) in [6, 6.07) is 0. The number of aliphatic hydroxyl groups is 1. The smallest absolute Gasteiger partial charge is 0.340 e. The predicted octanol–water partition coefficient (Wildman–Crippen LogP) is 2.22. The lowest BCUT2D eigenvalue weighted by molar-refractivity contribution is 0.0690. The van der Waals surface area contributed by atoms with Gasteiger partial charge in [-0.3, -0.25) is 0 Å². The number of nitrogens with zero attached hydrogens (tertiary/aromatic N) is 2. The van der Waals surface area contributed by atoms with Crippen molar-refractivity contribution in [1.29, 1.82) is 0 Å². The summed E-state index contributed by atoms with van der Waals surface area (Å²) in [5.41, 5.74) is 0.676. The zero-order valence-electron chi connectivity index (χ0n) is 11.1. The molecular weight excluding hydrogens is 264 g/mol. The molecular formula is C13H18N2O3S. The maximum Gasteiger partial charge on any atom is 0.340 e. The van der Waals surface area contributed by atoms with Crippen molar-refractivity contribution in [2.45, 2.75) is 50.2 Å². The molecule has 0 amide bonds. The molecule has 1 saturated carbocycles. The number of carboxylic acids is 1. The van der Waals surface area contributed by atoms with Crippen molar-refractivity contribution in [1.82, 2.24) is 9.97 Å². The van der Waals surface area contributed by atoms with Gasteiger partial charge in [-0.2, -0.15) is 0 Å². The molecule has 1 atom stereocenters. The van der Waals surface area contributed by atoms with Gasteiger partial charge < -0.3 is 10.2 Å². The van der Waals surface area contributed by atoms with E-state index in [1.54, 1.807) is 6.92 Å². The minimum atomic E-state index is -1.01. The molecule has 2 N–H and O–H groups in total. The second kappa shape index (κ2) is 5.88. The highest BCUT2D eigenvalue weighted by Gasteiger charge is 2.29. The Morgan fingerprint density at radius 3 is 2.68 bits per heavy atom. The summed E-state index contributed by atoms with van der Waals surface area (Å²) in [4.78, 5) is 20.0. The Bertz CT molecular complexity index is 489. The molecule has 19 heavy (non-hydrogen) atoms. The van der Waals surface area contributed by atoms with Crippen LogP contribution in [0.4, 0.5) is 0 Å². The van der Waals surface area contributed by atoms with E-state index in [1.165, 1.54) is 11.8 Å². The standard InChI is InChI=1S/C13H18N2O3S/c1-3-9(16)6-19-12-10(13(17)18)7(2)14-11(15-12)8-4-5-8/h8-9,16H,3-6H2,1-2H3,(H,17,18). The van der Waals surface area contributed by atoms with Gasteiger partial charge in [-0.1, -0.05) is 6.92 Å². The van der Waals surface area contributed by atoms with Gasteiger partial charge in [-0.25, -0.2) is 14.8 Å². The van der Waals surface area contributed by atoms with E-state index in [9.17, 15) is 15.0 Å². The predicted molar refractivity (Wildman–Crippen MR) is 72.7 cm³/mol. The minimum absolute atomic E-state index is 0.165. The van der Waals surface area contributed by atoms with Crippen molar-refractivity contribution in [3.63, 3.8) is 0 Å². The summed E-state index contributed by atoms with van der Waals surface area (Å²) in [5.74, 6) is 0.582. The van der Waals surface area contributed by atoms with Gasteiger partial charge in [-0.15, -0.1) is 11.8 Å². The number of hydrogen-bond donors (Lipinski definition) is 2. The highest BCUT2D eigenvalue weighted by Crippen LogP contribution is 2.39. The topological polar surface area (TPSA) is 83.3 Å².